The van der Waals surface area contributed by atoms with Gasteiger partial charge in [-0.3, -0.25) is 9.69 Å². The number of imide groups is 1. The number of carbonyl (C=O) groups excluding carboxylic acids is 2. The molecular formula is C13H21N3O3. The summed E-state index contributed by atoms with van der Waals surface area (Å²) in [5.41, 5.74) is -0.672. The second kappa shape index (κ2) is 4.45. The molecule has 19 heavy (non-hydrogen) atoms. The maximum Gasteiger partial charge on any atom is 0.326 e. The van der Waals surface area contributed by atoms with E-state index in [1.54, 1.807) is 0 Å². The Kier molecular flexibility index (Phi) is 3.02. The van der Waals surface area contributed by atoms with Crippen LogP contribution in [0.3, 0.4) is 0 Å². The van der Waals surface area contributed by atoms with Crippen molar-refractivity contribution in [1.82, 2.24) is 15.1 Å². The van der Waals surface area contributed by atoms with Crippen LogP contribution < -0.4 is 5.32 Å². The first-order valence-electron chi connectivity index (χ1n) is 6.99. The number of urea groups is 1. The van der Waals surface area contributed by atoms with E-state index in [1.807, 2.05) is 13.8 Å². The monoisotopic (exact) mass is 267 g/mol. The number of nitrogens with one attached hydrogen (secondary N) is 1. The van der Waals surface area contributed by atoms with E-state index in [1.165, 1.54) is 4.90 Å². The number of ether oxygens (including phenoxy) is 1. The Labute approximate surface area is 113 Å². The van der Waals surface area contributed by atoms with Crippen LogP contribution in [0.1, 0.15) is 26.7 Å². The Hall–Kier alpha value is -1.14. The molecule has 6 nitrogen and oxygen atoms in total. The van der Waals surface area contributed by atoms with Gasteiger partial charge in [0.25, 0.3) is 5.91 Å². The number of hydrogen-bond acceptors (Lipinski definition) is 4. The van der Waals surface area contributed by atoms with Gasteiger partial charge >= 0.3 is 6.03 Å². The third kappa shape index (κ3) is 2.23. The molecule has 0 radical (unpaired) electrons. The second-order valence-corrected chi connectivity index (χ2v) is 6.04. The number of carbonyl (C=O) groups is 2. The van der Waals surface area contributed by atoms with Crippen molar-refractivity contribution in [2.45, 2.75) is 38.3 Å². The Morgan fingerprint density at radius 2 is 2.16 bits per heavy atom. The minimum Gasteiger partial charge on any atom is -0.376 e. The van der Waals surface area contributed by atoms with Gasteiger partial charge in [0, 0.05) is 13.1 Å². The van der Waals surface area contributed by atoms with Crippen molar-refractivity contribution in [2.75, 3.05) is 26.4 Å². The molecule has 6 heteroatoms. The Morgan fingerprint density at radius 1 is 1.42 bits per heavy atom. The molecule has 2 saturated heterocycles. The van der Waals surface area contributed by atoms with Gasteiger partial charge in [-0.15, -0.1) is 0 Å². The number of morpholine rings is 1. The number of amides is 3. The van der Waals surface area contributed by atoms with Gasteiger partial charge in [-0.1, -0.05) is 0 Å². The zero-order valence-electron chi connectivity index (χ0n) is 11.5. The summed E-state index contributed by atoms with van der Waals surface area (Å²) in [7, 11) is 0. The zero-order valence-corrected chi connectivity index (χ0v) is 11.5. The van der Waals surface area contributed by atoms with Gasteiger partial charge in [-0.05, 0) is 32.6 Å². The minimum atomic E-state index is -0.672. The molecule has 0 aromatic rings. The molecule has 2 aliphatic heterocycles. The van der Waals surface area contributed by atoms with Gasteiger partial charge in [0.2, 0.25) is 0 Å². The van der Waals surface area contributed by atoms with Gasteiger partial charge in [0.1, 0.15) is 5.54 Å². The summed E-state index contributed by atoms with van der Waals surface area (Å²) >= 11 is 0. The van der Waals surface area contributed by atoms with Crippen LogP contribution in [0.25, 0.3) is 0 Å². The Bertz CT molecular complexity index is 410. The van der Waals surface area contributed by atoms with E-state index in [0.29, 0.717) is 19.2 Å². The summed E-state index contributed by atoms with van der Waals surface area (Å²) in [4.78, 5) is 27.9. The molecule has 3 aliphatic rings. The Balaban J connectivity index is 1.67. The highest BCUT2D eigenvalue weighted by molar-refractivity contribution is 6.07. The van der Waals surface area contributed by atoms with Crippen LogP contribution in [0, 0.1) is 5.92 Å². The van der Waals surface area contributed by atoms with Crippen molar-refractivity contribution in [3.8, 4) is 0 Å². The van der Waals surface area contributed by atoms with Crippen molar-refractivity contribution in [3.05, 3.63) is 0 Å². The zero-order chi connectivity index (χ0) is 13.6. The minimum absolute atomic E-state index is 0.0702. The van der Waals surface area contributed by atoms with Crippen molar-refractivity contribution < 1.29 is 14.3 Å². The van der Waals surface area contributed by atoms with Crippen LogP contribution in [0.15, 0.2) is 0 Å². The molecule has 0 aromatic carbocycles. The lowest BCUT2D eigenvalue weighted by Crippen LogP contribution is -2.50. The molecule has 3 fully saturated rings. The lowest BCUT2D eigenvalue weighted by atomic mass is 9.96. The third-order valence-electron chi connectivity index (χ3n) is 4.36. The molecule has 2 atom stereocenters. The fraction of sp³-hybridized carbons (Fsp3) is 0.846. The standard InChI is InChI=1S/C13H21N3O3/c1-9-7-15(5-6-19-9)8-16-11(17)13(2,10-3-4-10)14-12(16)18/h9-10H,3-8H2,1-2H3,(H,14,18)/t9-,13+/m1/s1. The van der Waals surface area contributed by atoms with Crippen molar-refractivity contribution in [1.29, 1.82) is 0 Å². The summed E-state index contributed by atoms with van der Waals surface area (Å²) in [6, 6.07) is -0.251. The Morgan fingerprint density at radius 3 is 2.79 bits per heavy atom. The highest BCUT2D eigenvalue weighted by Gasteiger charge is 2.56. The van der Waals surface area contributed by atoms with Crippen LogP contribution in [0.5, 0.6) is 0 Å². The first kappa shape index (κ1) is 12.9. The molecule has 106 valence electrons. The largest absolute Gasteiger partial charge is 0.376 e. The van der Waals surface area contributed by atoms with Gasteiger partial charge in [-0.25, -0.2) is 9.69 Å². The molecule has 3 rings (SSSR count). The van der Waals surface area contributed by atoms with Gasteiger partial charge in [0.05, 0.1) is 19.4 Å². The molecule has 0 spiro atoms. The van der Waals surface area contributed by atoms with E-state index >= 15 is 0 Å². The van der Waals surface area contributed by atoms with Crippen LogP contribution >= 0.6 is 0 Å². The van der Waals surface area contributed by atoms with Crippen LogP contribution in [-0.4, -0.2) is 59.7 Å². The number of nitrogens with zero attached hydrogens (tertiary/aromatic N) is 2. The summed E-state index contributed by atoms with van der Waals surface area (Å²) in [5, 5.41) is 2.87. The van der Waals surface area contributed by atoms with Crippen molar-refractivity contribution in [3.63, 3.8) is 0 Å². The molecule has 1 saturated carbocycles. The maximum atomic E-state index is 12.5. The number of hydrogen-bond donors (Lipinski definition) is 1. The predicted molar refractivity (Wildman–Crippen MR) is 68.4 cm³/mol. The third-order valence-corrected chi connectivity index (χ3v) is 4.36. The fourth-order valence-electron chi connectivity index (χ4n) is 3.00. The van der Waals surface area contributed by atoms with E-state index in [4.69, 9.17) is 4.74 Å². The van der Waals surface area contributed by atoms with E-state index in [9.17, 15) is 9.59 Å². The van der Waals surface area contributed by atoms with Gasteiger partial charge in [-0.2, -0.15) is 0 Å². The van der Waals surface area contributed by atoms with E-state index in [0.717, 1.165) is 25.9 Å². The van der Waals surface area contributed by atoms with Crippen molar-refractivity contribution in [2.24, 2.45) is 5.92 Å². The second-order valence-electron chi connectivity index (χ2n) is 6.04. The van der Waals surface area contributed by atoms with E-state index in [2.05, 4.69) is 10.2 Å². The average Bonchev–Trinajstić information content (AvgIpc) is 3.16. The molecule has 0 bridgehead atoms. The first-order valence-corrected chi connectivity index (χ1v) is 6.99. The topological polar surface area (TPSA) is 61.9 Å². The highest BCUT2D eigenvalue weighted by atomic mass is 16.5. The highest BCUT2D eigenvalue weighted by Crippen LogP contribution is 2.42. The predicted octanol–water partition coefficient (Wildman–Crippen LogP) is 0.385. The fourth-order valence-corrected chi connectivity index (χ4v) is 3.00. The molecule has 2 heterocycles. The lowest BCUT2D eigenvalue weighted by molar-refractivity contribution is -0.134. The molecule has 0 aromatic heterocycles. The van der Waals surface area contributed by atoms with E-state index in [-0.39, 0.29) is 18.0 Å². The molecule has 1 aliphatic carbocycles. The van der Waals surface area contributed by atoms with Gasteiger partial charge < -0.3 is 10.1 Å². The quantitative estimate of drug-likeness (QED) is 0.751. The van der Waals surface area contributed by atoms with Crippen LogP contribution in [-0.2, 0) is 9.53 Å². The lowest BCUT2D eigenvalue weighted by Gasteiger charge is -2.33. The van der Waals surface area contributed by atoms with Crippen LogP contribution in [0.2, 0.25) is 0 Å². The van der Waals surface area contributed by atoms with E-state index < -0.39 is 5.54 Å². The van der Waals surface area contributed by atoms with Crippen LogP contribution in [0.4, 0.5) is 4.79 Å². The summed E-state index contributed by atoms with van der Waals surface area (Å²) < 4.78 is 5.47. The smallest absolute Gasteiger partial charge is 0.326 e. The molecule has 3 amide bonds. The van der Waals surface area contributed by atoms with Crippen molar-refractivity contribution >= 4 is 11.9 Å². The SMILES string of the molecule is C[C@@H]1CN(CN2C(=O)N[C@@](C)(C3CC3)C2=O)CCO1. The summed E-state index contributed by atoms with van der Waals surface area (Å²) in [6.07, 6.45) is 2.22. The maximum absolute atomic E-state index is 12.5. The molecule has 1 N–H and O–H groups in total. The summed E-state index contributed by atoms with van der Waals surface area (Å²) in [5.74, 6) is 0.247. The number of rotatable bonds is 3. The molecular weight excluding hydrogens is 246 g/mol. The summed E-state index contributed by atoms with van der Waals surface area (Å²) in [6.45, 7) is 6.42. The first-order chi connectivity index (χ1) is 9.00. The normalized spacial score (nSPS) is 36.7. The average molecular weight is 267 g/mol. The van der Waals surface area contributed by atoms with Gasteiger partial charge in [0.15, 0.2) is 0 Å². The molecule has 0 unspecified atom stereocenters.